The van der Waals surface area contributed by atoms with E-state index in [0.717, 1.165) is 11.3 Å². The van der Waals surface area contributed by atoms with Crippen molar-refractivity contribution in [1.29, 1.82) is 0 Å². The van der Waals surface area contributed by atoms with Crippen molar-refractivity contribution in [2.24, 2.45) is 0 Å². The SMILES string of the molecule is COc1cccc(C(=O)NCC(=O)N(Cc2ccccc2)c2ccccc2)c1. The number of carbonyl (C=O) groups is 2. The predicted molar refractivity (Wildman–Crippen MR) is 109 cm³/mol. The Morgan fingerprint density at radius 2 is 1.57 bits per heavy atom. The van der Waals surface area contributed by atoms with Crippen LogP contribution in [0.4, 0.5) is 5.69 Å². The van der Waals surface area contributed by atoms with E-state index in [1.54, 1.807) is 36.3 Å². The first kappa shape index (κ1) is 19.2. The van der Waals surface area contributed by atoms with E-state index in [1.165, 1.54) is 0 Å². The van der Waals surface area contributed by atoms with Crippen molar-refractivity contribution in [2.75, 3.05) is 18.6 Å². The molecule has 0 saturated carbocycles. The molecule has 5 nitrogen and oxygen atoms in total. The number of hydrogen-bond acceptors (Lipinski definition) is 3. The summed E-state index contributed by atoms with van der Waals surface area (Å²) in [5.74, 6) is 0.0836. The van der Waals surface area contributed by atoms with Crippen LogP contribution in [0.3, 0.4) is 0 Å². The molecule has 0 aliphatic rings. The van der Waals surface area contributed by atoms with Crippen LogP contribution in [0.15, 0.2) is 84.9 Å². The van der Waals surface area contributed by atoms with Gasteiger partial charge >= 0.3 is 0 Å². The summed E-state index contributed by atoms with van der Waals surface area (Å²) in [6.07, 6.45) is 0. The smallest absolute Gasteiger partial charge is 0.251 e. The van der Waals surface area contributed by atoms with Gasteiger partial charge < -0.3 is 15.0 Å². The van der Waals surface area contributed by atoms with Gasteiger partial charge in [-0.25, -0.2) is 0 Å². The molecular formula is C23H22N2O3. The van der Waals surface area contributed by atoms with Crippen LogP contribution in [0.25, 0.3) is 0 Å². The van der Waals surface area contributed by atoms with Crippen molar-refractivity contribution < 1.29 is 14.3 Å². The van der Waals surface area contributed by atoms with Crippen molar-refractivity contribution >= 4 is 17.5 Å². The molecular weight excluding hydrogens is 352 g/mol. The molecule has 3 aromatic carbocycles. The van der Waals surface area contributed by atoms with E-state index in [-0.39, 0.29) is 18.4 Å². The zero-order valence-electron chi connectivity index (χ0n) is 15.7. The van der Waals surface area contributed by atoms with Crippen molar-refractivity contribution in [3.63, 3.8) is 0 Å². The Morgan fingerprint density at radius 3 is 2.25 bits per heavy atom. The first-order valence-electron chi connectivity index (χ1n) is 8.99. The lowest BCUT2D eigenvalue weighted by atomic mass is 10.2. The van der Waals surface area contributed by atoms with E-state index in [4.69, 9.17) is 4.74 Å². The maximum atomic E-state index is 12.9. The summed E-state index contributed by atoms with van der Waals surface area (Å²) in [6, 6.07) is 26.0. The highest BCUT2D eigenvalue weighted by Gasteiger charge is 2.17. The summed E-state index contributed by atoms with van der Waals surface area (Å²) >= 11 is 0. The predicted octanol–water partition coefficient (Wildman–Crippen LogP) is 3.66. The molecule has 0 aliphatic carbocycles. The van der Waals surface area contributed by atoms with E-state index in [9.17, 15) is 9.59 Å². The molecule has 2 amide bonds. The summed E-state index contributed by atoms with van der Waals surface area (Å²) in [5.41, 5.74) is 2.24. The third-order valence-corrected chi connectivity index (χ3v) is 4.28. The molecule has 0 saturated heterocycles. The molecule has 0 unspecified atom stereocenters. The van der Waals surface area contributed by atoms with Crippen molar-refractivity contribution in [3.8, 4) is 5.75 Å². The van der Waals surface area contributed by atoms with Crippen molar-refractivity contribution in [2.45, 2.75) is 6.54 Å². The van der Waals surface area contributed by atoms with Crippen LogP contribution in [0.1, 0.15) is 15.9 Å². The Labute approximate surface area is 164 Å². The van der Waals surface area contributed by atoms with E-state index in [2.05, 4.69) is 5.32 Å². The number of nitrogens with one attached hydrogen (secondary N) is 1. The van der Waals surface area contributed by atoms with Gasteiger partial charge in [0, 0.05) is 11.3 Å². The van der Waals surface area contributed by atoms with E-state index < -0.39 is 0 Å². The molecule has 3 aromatic rings. The number of nitrogens with zero attached hydrogens (tertiary/aromatic N) is 1. The third-order valence-electron chi connectivity index (χ3n) is 4.28. The highest BCUT2D eigenvalue weighted by Crippen LogP contribution is 2.17. The molecule has 0 atom stereocenters. The first-order valence-corrected chi connectivity index (χ1v) is 8.99. The van der Waals surface area contributed by atoms with E-state index in [0.29, 0.717) is 17.9 Å². The lowest BCUT2D eigenvalue weighted by Crippen LogP contribution is -2.40. The molecule has 1 N–H and O–H groups in total. The van der Waals surface area contributed by atoms with Gasteiger partial charge in [-0.15, -0.1) is 0 Å². The van der Waals surface area contributed by atoms with Gasteiger partial charge in [-0.05, 0) is 35.9 Å². The average molecular weight is 374 g/mol. The summed E-state index contributed by atoms with van der Waals surface area (Å²) in [6.45, 7) is 0.330. The van der Waals surface area contributed by atoms with Crippen LogP contribution < -0.4 is 15.0 Å². The largest absolute Gasteiger partial charge is 0.497 e. The molecule has 3 rings (SSSR count). The minimum Gasteiger partial charge on any atom is -0.497 e. The van der Waals surface area contributed by atoms with Gasteiger partial charge in [-0.2, -0.15) is 0 Å². The second kappa shape index (κ2) is 9.37. The molecule has 0 bridgehead atoms. The molecule has 28 heavy (non-hydrogen) atoms. The zero-order chi connectivity index (χ0) is 19.8. The Morgan fingerprint density at radius 1 is 0.893 bits per heavy atom. The fraction of sp³-hybridized carbons (Fsp3) is 0.130. The highest BCUT2D eigenvalue weighted by atomic mass is 16.5. The first-order chi connectivity index (χ1) is 13.7. The lowest BCUT2D eigenvalue weighted by Gasteiger charge is -2.23. The summed E-state index contributed by atoms with van der Waals surface area (Å²) in [5, 5.41) is 2.70. The normalized spacial score (nSPS) is 10.2. The molecule has 0 heterocycles. The number of benzene rings is 3. The number of anilines is 1. The van der Waals surface area contributed by atoms with Crippen LogP contribution in [0.2, 0.25) is 0 Å². The molecule has 0 radical (unpaired) electrons. The summed E-state index contributed by atoms with van der Waals surface area (Å²) in [7, 11) is 1.54. The number of rotatable bonds is 7. The maximum absolute atomic E-state index is 12.9. The van der Waals surface area contributed by atoms with Gasteiger partial charge in [-0.1, -0.05) is 54.6 Å². The number of methoxy groups -OCH3 is 1. The van der Waals surface area contributed by atoms with Crippen LogP contribution in [0.5, 0.6) is 5.75 Å². The third kappa shape index (κ3) is 4.98. The van der Waals surface area contributed by atoms with E-state index >= 15 is 0 Å². The minimum atomic E-state index is -0.319. The number of amides is 2. The van der Waals surface area contributed by atoms with Crippen LogP contribution in [-0.2, 0) is 11.3 Å². The highest BCUT2D eigenvalue weighted by molar-refractivity contribution is 6.00. The van der Waals surface area contributed by atoms with Crippen LogP contribution >= 0.6 is 0 Å². The molecule has 0 aromatic heterocycles. The van der Waals surface area contributed by atoms with Gasteiger partial charge in [0.05, 0.1) is 20.2 Å². The average Bonchev–Trinajstić information content (AvgIpc) is 2.77. The molecule has 0 spiro atoms. The van der Waals surface area contributed by atoms with Gasteiger partial charge in [0.1, 0.15) is 5.75 Å². The number of carbonyl (C=O) groups excluding carboxylic acids is 2. The van der Waals surface area contributed by atoms with Crippen molar-refractivity contribution in [1.82, 2.24) is 5.32 Å². The van der Waals surface area contributed by atoms with Crippen LogP contribution in [0, 0.1) is 0 Å². The Balaban J connectivity index is 1.71. The molecule has 142 valence electrons. The standard InChI is InChI=1S/C23H22N2O3/c1-28-21-14-8-11-19(15-21)23(27)24-16-22(26)25(20-12-6-3-7-13-20)17-18-9-4-2-5-10-18/h2-15H,16-17H2,1H3,(H,24,27). The second-order valence-corrected chi connectivity index (χ2v) is 6.22. The quantitative estimate of drug-likeness (QED) is 0.687. The number of para-hydroxylation sites is 1. The fourth-order valence-corrected chi connectivity index (χ4v) is 2.82. The molecule has 0 fully saturated rings. The van der Waals surface area contributed by atoms with E-state index in [1.807, 2.05) is 60.7 Å². The lowest BCUT2D eigenvalue weighted by molar-refractivity contribution is -0.117. The Kier molecular flexibility index (Phi) is 6.41. The topological polar surface area (TPSA) is 58.6 Å². The summed E-state index contributed by atoms with van der Waals surface area (Å²) in [4.78, 5) is 27.0. The molecule has 5 heteroatoms. The Hall–Kier alpha value is -3.60. The van der Waals surface area contributed by atoms with Gasteiger partial charge in [0.25, 0.3) is 5.91 Å². The maximum Gasteiger partial charge on any atom is 0.251 e. The number of hydrogen-bond donors (Lipinski definition) is 1. The Bertz CT molecular complexity index is 927. The zero-order valence-corrected chi connectivity index (χ0v) is 15.7. The minimum absolute atomic E-state index is 0.0994. The van der Waals surface area contributed by atoms with Gasteiger partial charge in [0.15, 0.2) is 0 Å². The van der Waals surface area contributed by atoms with Crippen LogP contribution in [-0.4, -0.2) is 25.5 Å². The summed E-state index contributed by atoms with van der Waals surface area (Å²) < 4.78 is 5.14. The van der Waals surface area contributed by atoms with Crippen molar-refractivity contribution in [3.05, 3.63) is 96.1 Å². The van der Waals surface area contributed by atoms with Gasteiger partial charge in [0.2, 0.25) is 5.91 Å². The fourth-order valence-electron chi connectivity index (χ4n) is 2.82. The number of ether oxygens (including phenoxy) is 1. The second-order valence-electron chi connectivity index (χ2n) is 6.22. The van der Waals surface area contributed by atoms with Gasteiger partial charge in [-0.3, -0.25) is 9.59 Å². The monoisotopic (exact) mass is 374 g/mol. The molecule has 0 aliphatic heterocycles.